The first-order chi connectivity index (χ1) is 8.76. The molecule has 1 aliphatic heterocycles. The van der Waals surface area contributed by atoms with Crippen molar-refractivity contribution in [3.63, 3.8) is 0 Å². The fourth-order valence-electron chi connectivity index (χ4n) is 2.31. The van der Waals surface area contributed by atoms with Crippen LogP contribution < -0.4 is 4.74 Å². The van der Waals surface area contributed by atoms with Crippen molar-refractivity contribution < 1.29 is 18.9 Å². The monoisotopic (exact) mass is 250 g/mol. The molecule has 0 aliphatic carbocycles. The van der Waals surface area contributed by atoms with Gasteiger partial charge in [-0.2, -0.15) is 0 Å². The molecule has 1 fully saturated rings. The summed E-state index contributed by atoms with van der Waals surface area (Å²) in [7, 11) is 5.33. The zero-order chi connectivity index (χ0) is 13.0. The van der Waals surface area contributed by atoms with Crippen molar-refractivity contribution in [3.8, 4) is 5.75 Å². The van der Waals surface area contributed by atoms with Crippen LogP contribution in [0.5, 0.6) is 5.75 Å². The lowest BCUT2D eigenvalue weighted by Crippen LogP contribution is -2.40. The molecular weight excluding hydrogens is 231 g/mol. The standard InChI is InChI=1S/C13H19BO4/c1-15-8-10-11(16-2)12(13(14)18-10)17-9-6-4-3-5-7-9/h3-7,10-13H,8,14H2,1-2H3/t10-,11-,12-,13-/m1/s1. The number of benzene rings is 1. The van der Waals surface area contributed by atoms with Crippen molar-refractivity contribution in [2.24, 2.45) is 0 Å². The maximum atomic E-state index is 5.96. The lowest BCUT2D eigenvalue weighted by Gasteiger charge is -2.23. The second-order valence-electron chi connectivity index (χ2n) is 4.43. The fourth-order valence-corrected chi connectivity index (χ4v) is 2.31. The summed E-state index contributed by atoms with van der Waals surface area (Å²) < 4.78 is 22.4. The zero-order valence-corrected chi connectivity index (χ0v) is 11.0. The molecule has 1 aromatic carbocycles. The molecule has 0 bridgehead atoms. The molecule has 0 amide bonds. The largest absolute Gasteiger partial charge is 0.486 e. The molecule has 1 saturated heterocycles. The average Bonchev–Trinajstić information content (AvgIpc) is 2.67. The van der Waals surface area contributed by atoms with Gasteiger partial charge in [-0.1, -0.05) is 18.2 Å². The number of hydrogen-bond donors (Lipinski definition) is 0. The molecule has 98 valence electrons. The molecule has 0 aromatic heterocycles. The molecule has 2 rings (SSSR count). The van der Waals surface area contributed by atoms with E-state index >= 15 is 0 Å². The van der Waals surface area contributed by atoms with Crippen molar-refractivity contribution >= 4 is 7.85 Å². The van der Waals surface area contributed by atoms with E-state index < -0.39 is 0 Å². The van der Waals surface area contributed by atoms with Crippen LogP contribution >= 0.6 is 0 Å². The van der Waals surface area contributed by atoms with Gasteiger partial charge in [-0.25, -0.2) is 0 Å². The van der Waals surface area contributed by atoms with Gasteiger partial charge in [0.1, 0.15) is 31.9 Å². The SMILES string of the molecule is B[C@@H]1O[C@H](COC)[C@@H](OC)[C@H]1Oc1ccccc1. The summed E-state index contributed by atoms with van der Waals surface area (Å²) in [6, 6.07) is 9.71. The van der Waals surface area contributed by atoms with Gasteiger partial charge in [0, 0.05) is 14.2 Å². The first kappa shape index (κ1) is 13.4. The highest BCUT2D eigenvalue weighted by Crippen LogP contribution is 2.26. The Labute approximate surface area is 109 Å². The third kappa shape index (κ3) is 2.86. The minimum Gasteiger partial charge on any atom is -0.486 e. The summed E-state index contributed by atoms with van der Waals surface area (Å²) in [5.74, 6) is 0.832. The minimum atomic E-state index is -0.113. The predicted octanol–water partition coefficient (Wildman–Crippen LogP) is 0.453. The number of rotatable bonds is 5. The Bertz CT molecular complexity index is 359. The van der Waals surface area contributed by atoms with Crippen molar-refractivity contribution in [2.45, 2.75) is 24.3 Å². The van der Waals surface area contributed by atoms with E-state index in [-0.39, 0.29) is 24.3 Å². The van der Waals surface area contributed by atoms with Crippen molar-refractivity contribution in [2.75, 3.05) is 20.8 Å². The van der Waals surface area contributed by atoms with Gasteiger partial charge in [-0.05, 0) is 12.1 Å². The quantitative estimate of drug-likeness (QED) is 0.711. The second-order valence-corrected chi connectivity index (χ2v) is 4.43. The Morgan fingerprint density at radius 1 is 1.17 bits per heavy atom. The van der Waals surface area contributed by atoms with Crippen LogP contribution in [-0.2, 0) is 14.2 Å². The molecule has 0 unspecified atom stereocenters. The van der Waals surface area contributed by atoms with E-state index in [1.54, 1.807) is 14.2 Å². The Morgan fingerprint density at radius 2 is 1.89 bits per heavy atom. The Hall–Kier alpha value is -1.04. The van der Waals surface area contributed by atoms with Crippen molar-refractivity contribution in [1.82, 2.24) is 0 Å². The average molecular weight is 250 g/mol. The Morgan fingerprint density at radius 3 is 2.50 bits per heavy atom. The first-order valence-electron chi connectivity index (χ1n) is 6.15. The van der Waals surface area contributed by atoms with Crippen LogP contribution in [-0.4, -0.2) is 53.0 Å². The molecule has 1 heterocycles. The lowest BCUT2D eigenvalue weighted by atomic mass is 9.92. The van der Waals surface area contributed by atoms with Crippen LogP contribution in [0.4, 0.5) is 0 Å². The first-order valence-corrected chi connectivity index (χ1v) is 6.15. The van der Waals surface area contributed by atoms with E-state index in [1.165, 1.54) is 0 Å². The van der Waals surface area contributed by atoms with Gasteiger partial charge < -0.3 is 18.9 Å². The second kappa shape index (κ2) is 6.23. The molecule has 1 aromatic rings. The smallest absolute Gasteiger partial charge is 0.145 e. The molecule has 0 radical (unpaired) electrons. The highest BCUT2D eigenvalue weighted by atomic mass is 16.6. The highest BCUT2D eigenvalue weighted by molar-refractivity contribution is 6.11. The maximum absolute atomic E-state index is 5.96. The van der Waals surface area contributed by atoms with Crippen molar-refractivity contribution in [1.29, 1.82) is 0 Å². The van der Waals surface area contributed by atoms with Gasteiger partial charge in [0.05, 0.1) is 12.6 Å². The number of hydrogen-bond acceptors (Lipinski definition) is 4. The van der Waals surface area contributed by atoms with E-state index in [1.807, 2.05) is 38.2 Å². The molecule has 0 spiro atoms. The van der Waals surface area contributed by atoms with Gasteiger partial charge in [0.15, 0.2) is 0 Å². The normalized spacial score (nSPS) is 31.4. The van der Waals surface area contributed by atoms with E-state index in [0.29, 0.717) is 6.61 Å². The molecule has 0 N–H and O–H groups in total. The van der Waals surface area contributed by atoms with Gasteiger partial charge in [-0.15, -0.1) is 0 Å². The van der Waals surface area contributed by atoms with Crippen LogP contribution in [0.3, 0.4) is 0 Å². The number of methoxy groups -OCH3 is 2. The van der Waals surface area contributed by atoms with Gasteiger partial charge >= 0.3 is 0 Å². The molecule has 4 nitrogen and oxygen atoms in total. The summed E-state index contributed by atoms with van der Waals surface area (Å²) in [6.07, 6.45) is -0.304. The van der Waals surface area contributed by atoms with Crippen LogP contribution in [0, 0.1) is 0 Å². The molecule has 4 atom stereocenters. The van der Waals surface area contributed by atoms with Crippen LogP contribution in [0.25, 0.3) is 0 Å². The Balaban J connectivity index is 2.06. The predicted molar refractivity (Wildman–Crippen MR) is 70.7 cm³/mol. The zero-order valence-electron chi connectivity index (χ0n) is 11.0. The van der Waals surface area contributed by atoms with Crippen molar-refractivity contribution in [3.05, 3.63) is 30.3 Å². The maximum Gasteiger partial charge on any atom is 0.145 e. The van der Waals surface area contributed by atoms with E-state index in [0.717, 1.165) is 5.75 Å². The molecule has 5 heteroatoms. The van der Waals surface area contributed by atoms with Crippen LogP contribution in [0.1, 0.15) is 0 Å². The topological polar surface area (TPSA) is 36.9 Å². The van der Waals surface area contributed by atoms with E-state index in [9.17, 15) is 0 Å². The summed E-state index contributed by atoms with van der Waals surface area (Å²) >= 11 is 0. The van der Waals surface area contributed by atoms with Gasteiger partial charge in [0.2, 0.25) is 0 Å². The van der Waals surface area contributed by atoms with Crippen LogP contribution in [0.2, 0.25) is 0 Å². The Kier molecular flexibility index (Phi) is 4.63. The highest BCUT2D eigenvalue weighted by Gasteiger charge is 2.44. The summed E-state index contributed by atoms with van der Waals surface area (Å²) in [4.78, 5) is 0. The third-order valence-electron chi connectivity index (χ3n) is 3.16. The van der Waals surface area contributed by atoms with Gasteiger partial charge in [0.25, 0.3) is 0 Å². The summed E-state index contributed by atoms with van der Waals surface area (Å²) in [5, 5.41) is 0. The summed E-state index contributed by atoms with van der Waals surface area (Å²) in [5.41, 5.74) is 0. The van der Waals surface area contributed by atoms with Gasteiger partial charge in [-0.3, -0.25) is 0 Å². The fraction of sp³-hybridized carbons (Fsp3) is 0.538. The molecular formula is C13H19BO4. The molecule has 18 heavy (non-hydrogen) atoms. The van der Waals surface area contributed by atoms with E-state index in [2.05, 4.69) is 0 Å². The van der Waals surface area contributed by atoms with E-state index in [4.69, 9.17) is 18.9 Å². The van der Waals surface area contributed by atoms with Crippen LogP contribution in [0.15, 0.2) is 30.3 Å². The number of para-hydroxylation sites is 1. The number of ether oxygens (including phenoxy) is 4. The molecule has 0 saturated carbocycles. The third-order valence-corrected chi connectivity index (χ3v) is 3.16. The summed E-state index contributed by atoms with van der Waals surface area (Å²) in [6.45, 7) is 0.511. The molecule has 1 aliphatic rings. The minimum absolute atomic E-state index is 0.0182. The lowest BCUT2D eigenvalue weighted by molar-refractivity contribution is -0.0382.